The minimum absolute atomic E-state index is 0.0150. The third-order valence-corrected chi connectivity index (χ3v) is 7.49. The van der Waals surface area contributed by atoms with E-state index in [1.54, 1.807) is 0 Å². The molecule has 1 saturated heterocycles. The first kappa shape index (κ1) is 25.0. The molecule has 0 aromatic heterocycles. The summed E-state index contributed by atoms with van der Waals surface area (Å²) in [5.74, 6) is -0.875. The fraction of sp³-hybridized carbons (Fsp3) is 0.364. The average molecular weight is 495 g/mol. The number of ether oxygens (including phenoxy) is 1. The van der Waals surface area contributed by atoms with Crippen molar-refractivity contribution in [2.24, 2.45) is 0 Å². The highest BCUT2D eigenvalue weighted by Crippen LogP contribution is 2.25. The zero-order valence-corrected chi connectivity index (χ0v) is 20.3. The van der Waals surface area contributed by atoms with Crippen LogP contribution in [0.25, 0.3) is 0 Å². The van der Waals surface area contributed by atoms with Crippen LogP contribution < -0.4 is 10.2 Å². The number of halogens is 1. The highest BCUT2D eigenvalue weighted by Gasteiger charge is 2.24. The largest absolute Gasteiger partial charge is 0.378 e. The number of carbonyl (C=O) groups excluding carboxylic acids is 2. The summed E-state index contributed by atoms with van der Waals surface area (Å²) in [6, 6.07) is 11.5. The first-order valence-corrected chi connectivity index (χ1v) is 12.1. The van der Waals surface area contributed by atoms with Crippen molar-refractivity contribution >= 4 is 44.8 Å². The van der Waals surface area contributed by atoms with Crippen LogP contribution in [-0.4, -0.2) is 83.4 Å². The average Bonchev–Trinajstić information content (AvgIpc) is 2.79. The summed E-state index contributed by atoms with van der Waals surface area (Å²) in [6.07, 6.45) is 0. The maximum Gasteiger partial charge on any atom is 0.254 e. The Morgan fingerprint density at radius 2 is 1.70 bits per heavy atom. The van der Waals surface area contributed by atoms with Gasteiger partial charge in [-0.3, -0.25) is 9.59 Å². The number of sulfonamides is 1. The second-order valence-corrected chi connectivity index (χ2v) is 10.3. The molecular formula is C22H27ClN4O5S. The number of hydrogen-bond acceptors (Lipinski definition) is 6. The maximum absolute atomic E-state index is 12.8. The normalized spacial score (nSPS) is 14.3. The third-order valence-electron chi connectivity index (χ3n) is 5.19. The van der Waals surface area contributed by atoms with E-state index < -0.39 is 15.9 Å². The van der Waals surface area contributed by atoms with Crippen molar-refractivity contribution < 1.29 is 22.7 Å². The van der Waals surface area contributed by atoms with Crippen molar-refractivity contribution in [2.75, 3.05) is 64.2 Å². The van der Waals surface area contributed by atoms with E-state index in [2.05, 4.69) is 10.2 Å². The van der Waals surface area contributed by atoms with Gasteiger partial charge < -0.3 is 19.9 Å². The van der Waals surface area contributed by atoms with Gasteiger partial charge in [-0.15, -0.1) is 0 Å². The van der Waals surface area contributed by atoms with Crippen molar-refractivity contribution in [1.82, 2.24) is 9.21 Å². The molecule has 0 bridgehead atoms. The van der Waals surface area contributed by atoms with Gasteiger partial charge in [-0.05, 0) is 42.5 Å². The molecule has 1 heterocycles. The molecule has 1 aliphatic heterocycles. The van der Waals surface area contributed by atoms with Crippen LogP contribution in [0.1, 0.15) is 10.4 Å². The van der Waals surface area contributed by atoms with Crippen LogP contribution in [0.15, 0.2) is 47.4 Å². The standard InChI is InChI=1S/C22H27ClN4O5S/c1-25(2)33(30,31)20-14-16(4-9-19(20)23)22(29)26(3)15-21(28)24-17-5-7-18(8-6-17)27-10-12-32-13-11-27/h4-9,14H,10-13,15H2,1-3H3,(H,24,28). The van der Waals surface area contributed by atoms with E-state index in [4.69, 9.17) is 16.3 Å². The summed E-state index contributed by atoms with van der Waals surface area (Å²) in [6.45, 7) is 2.81. The molecule has 0 atom stereocenters. The lowest BCUT2D eigenvalue weighted by atomic mass is 10.2. The van der Waals surface area contributed by atoms with Crippen LogP contribution in [0.3, 0.4) is 0 Å². The molecule has 3 rings (SSSR count). The van der Waals surface area contributed by atoms with Crippen molar-refractivity contribution in [1.29, 1.82) is 0 Å². The van der Waals surface area contributed by atoms with E-state index in [0.29, 0.717) is 18.9 Å². The Bertz CT molecular complexity index is 1120. The Morgan fingerprint density at radius 3 is 2.30 bits per heavy atom. The lowest BCUT2D eigenvalue weighted by Gasteiger charge is -2.28. The molecule has 1 N–H and O–H groups in total. The summed E-state index contributed by atoms with van der Waals surface area (Å²) in [5.41, 5.74) is 1.78. The summed E-state index contributed by atoms with van der Waals surface area (Å²) < 4.78 is 31.3. The third kappa shape index (κ3) is 6.02. The lowest BCUT2D eigenvalue weighted by Crippen LogP contribution is -2.36. The van der Waals surface area contributed by atoms with Gasteiger partial charge in [0, 0.05) is 51.2 Å². The zero-order valence-electron chi connectivity index (χ0n) is 18.7. The topological polar surface area (TPSA) is 99.3 Å². The Balaban J connectivity index is 1.63. The molecule has 0 aliphatic carbocycles. The summed E-state index contributed by atoms with van der Waals surface area (Å²) in [5, 5.41) is 2.78. The number of anilines is 2. The second kappa shape index (κ2) is 10.5. The molecule has 33 heavy (non-hydrogen) atoms. The van der Waals surface area contributed by atoms with Gasteiger partial charge in [0.25, 0.3) is 5.91 Å². The van der Waals surface area contributed by atoms with Gasteiger partial charge in [0.2, 0.25) is 15.9 Å². The molecule has 0 saturated carbocycles. The first-order chi connectivity index (χ1) is 15.6. The molecule has 178 valence electrons. The number of amides is 2. The molecule has 1 fully saturated rings. The van der Waals surface area contributed by atoms with Crippen LogP contribution >= 0.6 is 11.6 Å². The molecular weight excluding hydrogens is 468 g/mol. The maximum atomic E-state index is 12.8. The number of likely N-dealkylation sites (N-methyl/N-ethyl adjacent to an activating group) is 1. The summed E-state index contributed by atoms with van der Waals surface area (Å²) in [4.78, 5) is 28.5. The number of nitrogens with zero attached hydrogens (tertiary/aromatic N) is 3. The van der Waals surface area contributed by atoms with Crippen LogP contribution in [0.2, 0.25) is 5.02 Å². The van der Waals surface area contributed by atoms with Gasteiger partial charge in [-0.2, -0.15) is 0 Å². The van der Waals surface area contributed by atoms with Crippen molar-refractivity contribution in [3.05, 3.63) is 53.1 Å². The van der Waals surface area contributed by atoms with Gasteiger partial charge in [-0.1, -0.05) is 11.6 Å². The van der Waals surface area contributed by atoms with Gasteiger partial charge in [-0.25, -0.2) is 12.7 Å². The monoisotopic (exact) mass is 494 g/mol. The van der Waals surface area contributed by atoms with E-state index in [0.717, 1.165) is 23.1 Å². The molecule has 2 amide bonds. The van der Waals surface area contributed by atoms with Gasteiger partial charge in [0.05, 0.1) is 24.8 Å². The van der Waals surface area contributed by atoms with E-state index in [1.807, 2.05) is 24.3 Å². The number of carbonyl (C=O) groups is 2. The van der Waals surface area contributed by atoms with Crippen molar-refractivity contribution in [3.63, 3.8) is 0 Å². The number of nitrogens with one attached hydrogen (secondary N) is 1. The summed E-state index contributed by atoms with van der Waals surface area (Å²) in [7, 11) is 0.405. The lowest BCUT2D eigenvalue weighted by molar-refractivity contribution is -0.116. The Labute approximate surface area is 198 Å². The summed E-state index contributed by atoms with van der Waals surface area (Å²) >= 11 is 6.04. The number of rotatable bonds is 7. The van der Waals surface area contributed by atoms with Gasteiger partial charge in [0.15, 0.2) is 0 Å². The van der Waals surface area contributed by atoms with Crippen LogP contribution in [0.5, 0.6) is 0 Å². The highest BCUT2D eigenvalue weighted by molar-refractivity contribution is 7.89. The molecule has 11 heteroatoms. The first-order valence-electron chi connectivity index (χ1n) is 10.3. The minimum atomic E-state index is -3.82. The number of benzene rings is 2. The van der Waals surface area contributed by atoms with Crippen molar-refractivity contribution in [2.45, 2.75) is 4.90 Å². The molecule has 0 spiro atoms. The highest BCUT2D eigenvalue weighted by atomic mass is 35.5. The fourth-order valence-electron chi connectivity index (χ4n) is 3.32. The predicted octanol–water partition coefficient (Wildman–Crippen LogP) is 2.14. The SMILES string of the molecule is CN(CC(=O)Nc1ccc(N2CCOCC2)cc1)C(=O)c1ccc(Cl)c(S(=O)(=O)N(C)C)c1. The molecule has 2 aromatic carbocycles. The Morgan fingerprint density at radius 1 is 1.06 bits per heavy atom. The number of morpholine rings is 1. The van der Waals surface area contributed by atoms with Crippen molar-refractivity contribution in [3.8, 4) is 0 Å². The van der Waals surface area contributed by atoms with E-state index in [1.165, 1.54) is 44.2 Å². The second-order valence-electron chi connectivity index (χ2n) is 7.79. The Hall–Kier alpha value is -2.66. The molecule has 2 aromatic rings. The van der Waals surface area contributed by atoms with E-state index in [-0.39, 0.29) is 27.9 Å². The Kier molecular flexibility index (Phi) is 7.96. The van der Waals surface area contributed by atoms with E-state index >= 15 is 0 Å². The smallest absolute Gasteiger partial charge is 0.254 e. The van der Waals surface area contributed by atoms with Crippen LogP contribution in [0, 0.1) is 0 Å². The van der Waals surface area contributed by atoms with Crippen LogP contribution in [0.4, 0.5) is 11.4 Å². The quantitative estimate of drug-likeness (QED) is 0.633. The number of hydrogen-bond donors (Lipinski definition) is 1. The minimum Gasteiger partial charge on any atom is -0.378 e. The fourth-order valence-corrected chi connectivity index (χ4v) is 4.71. The van der Waals surface area contributed by atoms with Gasteiger partial charge in [0.1, 0.15) is 4.90 Å². The van der Waals surface area contributed by atoms with E-state index in [9.17, 15) is 18.0 Å². The zero-order chi connectivity index (χ0) is 24.2. The predicted molar refractivity (Wildman–Crippen MR) is 127 cm³/mol. The van der Waals surface area contributed by atoms with Gasteiger partial charge >= 0.3 is 0 Å². The molecule has 9 nitrogen and oxygen atoms in total. The molecule has 0 unspecified atom stereocenters. The molecule has 0 radical (unpaired) electrons. The molecule has 1 aliphatic rings. The van der Waals surface area contributed by atoms with Crippen LogP contribution in [-0.2, 0) is 19.6 Å².